The Morgan fingerprint density at radius 2 is 2.19 bits per heavy atom. The van der Waals surface area contributed by atoms with Crippen LogP contribution in [0.3, 0.4) is 0 Å². The minimum absolute atomic E-state index is 0. The second kappa shape index (κ2) is 9.33. The molecule has 21 heavy (non-hydrogen) atoms. The summed E-state index contributed by atoms with van der Waals surface area (Å²) >= 11 is 12.0. The van der Waals surface area contributed by atoms with Gasteiger partial charge in [0, 0.05) is 26.2 Å². The first-order valence-electron chi connectivity index (χ1n) is 6.43. The van der Waals surface area contributed by atoms with E-state index in [9.17, 15) is 4.79 Å². The summed E-state index contributed by atoms with van der Waals surface area (Å²) in [7, 11) is 0. The van der Waals surface area contributed by atoms with Crippen molar-refractivity contribution < 1.29 is 9.53 Å². The number of hydrogen-bond donors (Lipinski definition) is 3. The van der Waals surface area contributed by atoms with Crippen LogP contribution in [0, 0.1) is 0 Å². The van der Waals surface area contributed by atoms with Crippen molar-refractivity contribution in [3.05, 3.63) is 33.8 Å². The molecular formula is C13H18Cl3N3O2. The number of carbonyl (C=O) groups is 1. The normalized spacial score (nSPS) is 17.7. The van der Waals surface area contributed by atoms with Gasteiger partial charge in [0.05, 0.1) is 22.8 Å². The number of halogens is 3. The Kier molecular flexibility index (Phi) is 8.14. The highest BCUT2D eigenvalue weighted by Crippen LogP contribution is 2.25. The minimum Gasteiger partial charge on any atom is -0.374 e. The van der Waals surface area contributed by atoms with E-state index in [0.717, 1.165) is 18.7 Å². The molecule has 1 aromatic rings. The van der Waals surface area contributed by atoms with Gasteiger partial charge in [-0.3, -0.25) is 0 Å². The van der Waals surface area contributed by atoms with E-state index in [4.69, 9.17) is 27.9 Å². The van der Waals surface area contributed by atoms with Gasteiger partial charge in [-0.2, -0.15) is 0 Å². The number of rotatable bonds is 4. The number of urea groups is 1. The van der Waals surface area contributed by atoms with Gasteiger partial charge in [0.15, 0.2) is 0 Å². The third-order valence-electron chi connectivity index (χ3n) is 2.97. The molecule has 1 aliphatic heterocycles. The summed E-state index contributed by atoms with van der Waals surface area (Å²) < 4.78 is 5.48. The summed E-state index contributed by atoms with van der Waals surface area (Å²) in [4.78, 5) is 11.7. The quantitative estimate of drug-likeness (QED) is 0.777. The van der Waals surface area contributed by atoms with Crippen LogP contribution in [0.15, 0.2) is 18.2 Å². The summed E-state index contributed by atoms with van der Waals surface area (Å²) in [6.45, 7) is 3.08. The van der Waals surface area contributed by atoms with Crippen LogP contribution < -0.4 is 16.0 Å². The number of hydrogen-bond acceptors (Lipinski definition) is 3. The number of ether oxygens (including phenoxy) is 1. The van der Waals surface area contributed by atoms with E-state index in [1.807, 2.05) is 6.07 Å². The zero-order valence-corrected chi connectivity index (χ0v) is 13.7. The highest BCUT2D eigenvalue weighted by molar-refractivity contribution is 6.42. The Morgan fingerprint density at radius 1 is 1.38 bits per heavy atom. The highest BCUT2D eigenvalue weighted by atomic mass is 35.5. The molecule has 1 fully saturated rings. The molecule has 1 saturated heterocycles. The minimum atomic E-state index is -0.254. The van der Waals surface area contributed by atoms with Crippen LogP contribution in [-0.2, 0) is 11.3 Å². The zero-order chi connectivity index (χ0) is 14.4. The standard InChI is InChI=1S/C13H17Cl2N3O2.ClH/c14-11-3-1-2-9(12(11)15)6-17-13(19)18-8-10-7-16-4-5-20-10;/h1-3,10,16H,4-8H2,(H2,17,18,19);1H. The predicted octanol–water partition coefficient (Wildman–Crippen LogP) is 2.20. The van der Waals surface area contributed by atoms with Gasteiger partial charge < -0.3 is 20.7 Å². The molecule has 3 N–H and O–H groups in total. The molecule has 2 amide bonds. The van der Waals surface area contributed by atoms with Crippen molar-refractivity contribution in [2.24, 2.45) is 0 Å². The third-order valence-corrected chi connectivity index (χ3v) is 3.82. The van der Waals surface area contributed by atoms with Gasteiger partial charge in [0.25, 0.3) is 0 Å². The van der Waals surface area contributed by atoms with Crippen molar-refractivity contribution >= 4 is 41.6 Å². The average molecular weight is 355 g/mol. The SMILES string of the molecule is Cl.O=C(NCc1cccc(Cl)c1Cl)NCC1CNCCO1. The van der Waals surface area contributed by atoms with Gasteiger partial charge in [-0.25, -0.2) is 4.79 Å². The maximum atomic E-state index is 11.7. The molecule has 1 atom stereocenters. The van der Waals surface area contributed by atoms with Gasteiger partial charge in [-0.1, -0.05) is 35.3 Å². The average Bonchev–Trinajstić information content (AvgIpc) is 2.48. The summed E-state index contributed by atoms with van der Waals surface area (Å²) in [5.41, 5.74) is 0.782. The molecule has 0 spiro atoms. The Hall–Kier alpha value is -0.720. The fraction of sp³-hybridized carbons (Fsp3) is 0.462. The largest absolute Gasteiger partial charge is 0.374 e. The molecule has 0 radical (unpaired) electrons. The van der Waals surface area contributed by atoms with Crippen molar-refractivity contribution in [3.8, 4) is 0 Å². The number of amides is 2. The number of benzene rings is 1. The second-order valence-electron chi connectivity index (χ2n) is 4.47. The lowest BCUT2D eigenvalue weighted by molar-refractivity contribution is 0.0307. The Bertz CT molecular complexity index is 468. The smallest absolute Gasteiger partial charge is 0.315 e. The molecular weight excluding hydrogens is 337 g/mol. The van der Waals surface area contributed by atoms with E-state index >= 15 is 0 Å². The summed E-state index contributed by atoms with van der Waals surface area (Å²) in [5, 5.41) is 9.65. The summed E-state index contributed by atoms with van der Waals surface area (Å²) in [6, 6.07) is 5.07. The highest BCUT2D eigenvalue weighted by Gasteiger charge is 2.14. The molecule has 8 heteroatoms. The predicted molar refractivity (Wildman–Crippen MR) is 86.6 cm³/mol. The molecule has 1 aliphatic rings. The third kappa shape index (κ3) is 5.88. The number of carbonyl (C=O) groups excluding carboxylic acids is 1. The van der Waals surface area contributed by atoms with Crippen LogP contribution in [-0.4, -0.2) is 38.4 Å². The monoisotopic (exact) mass is 353 g/mol. The first-order chi connectivity index (χ1) is 9.66. The van der Waals surface area contributed by atoms with Gasteiger partial charge in [-0.15, -0.1) is 12.4 Å². The van der Waals surface area contributed by atoms with Crippen molar-refractivity contribution in [3.63, 3.8) is 0 Å². The molecule has 0 aliphatic carbocycles. The van der Waals surface area contributed by atoms with Crippen LogP contribution in [0.25, 0.3) is 0 Å². The number of nitrogens with one attached hydrogen (secondary N) is 3. The van der Waals surface area contributed by atoms with E-state index < -0.39 is 0 Å². The molecule has 0 saturated carbocycles. The molecule has 1 aromatic carbocycles. The molecule has 1 unspecified atom stereocenters. The molecule has 0 bridgehead atoms. The van der Waals surface area contributed by atoms with Crippen molar-refractivity contribution in [1.29, 1.82) is 0 Å². The van der Waals surface area contributed by atoms with Gasteiger partial charge in [0.1, 0.15) is 0 Å². The molecule has 2 rings (SSSR count). The molecule has 1 heterocycles. The van der Waals surface area contributed by atoms with Crippen LogP contribution >= 0.6 is 35.6 Å². The Morgan fingerprint density at radius 3 is 2.90 bits per heavy atom. The topological polar surface area (TPSA) is 62.4 Å². The van der Waals surface area contributed by atoms with Crippen LogP contribution in [0.5, 0.6) is 0 Å². The zero-order valence-electron chi connectivity index (χ0n) is 11.3. The second-order valence-corrected chi connectivity index (χ2v) is 5.26. The Labute approximate surface area is 140 Å². The maximum absolute atomic E-state index is 11.7. The van der Waals surface area contributed by atoms with E-state index in [2.05, 4.69) is 16.0 Å². The molecule has 0 aromatic heterocycles. The fourth-order valence-electron chi connectivity index (χ4n) is 1.88. The first kappa shape index (κ1) is 18.3. The van der Waals surface area contributed by atoms with E-state index in [1.54, 1.807) is 12.1 Å². The van der Waals surface area contributed by atoms with Crippen LogP contribution in [0.4, 0.5) is 4.79 Å². The lowest BCUT2D eigenvalue weighted by Gasteiger charge is -2.23. The summed E-state index contributed by atoms with van der Waals surface area (Å²) in [6.07, 6.45) is 0.0178. The Balaban J connectivity index is 0.00000220. The summed E-state index contributed by atoms with van der Waals surface area (Å²) in [5.74, 6) is 0. The van der Waals surface area contributed by atoms with Crippen LogP contribution in [0.2, 0.25) is 10.0 Å². The lowest BCUT2D eigenvalue weighted by atomic mass is 10.2. The van der Waals surface area contributed by atoms with E-state index in [0.29, 0.717) is 29.7 Å². The fourth-order valence-corrected chi connectivity index (χ4v) is 2.27. The first-order valence-corrected chi connectivity index (χ1v) is 7.19. The van der Waals surface area contributed by atoms with Crippen molar-refractivity contribution in [1.82, 2.24) is 16.0 Å². The van der Waals surface area contributed by atoms with Crippen LogP contribution in [0.1, 0.15) is 5.56 Å². The van der Waals surface area contributed by atoms with Gasteiger partial charge in [0.2, 0.25) is 0 Å². The van der Waals surface area contributed by atoms with Crippen molar-refractivity contribution in [2.75, 3.05) is 26.2 Å². The van der Waals surface area contributed by atoms with E-state index in [1.165, 1.54) is 0 Å². The molecule has 118 valence electrons. The van der Waals surface area contributed by atoms with Gasteiger partial charge >= 0.3 is 6.03 Å². The van der Waals surface area contributed by atoms with E-state index in [-0.39, 0.29) is 24.5 Å². The maximum Gasteiger partial charge on any atom is 0.315 e. The van der Waals surface area contributed by atoms with Crippen molar-refractivity contribution in [2.45, 2.75) is 12.6 Å². The number of morpholine rings is 1. The van der Waals surface area contributed by atoms with Gasteiger partial charge in [-0.05, 0) is 11.6 Å². The molecule has 5 nitrogen and oxygen atoms in total. The lowest BCUT2D eigenvalue weighted by Crippen LogP contribution is -2.47.